The van der Waals surface area contributed by atoms with Gasteiger partial charge in [-0.1, -0.05) is 0 Å². The Hall–Kier alpha value is -1.66. The van der Waals surface area contributed by atoms with Crippen LogP contribution in [0.3, 0.4) is 0 Å². The van der Waals surface area contributed by atoms with Crippen LogP contribution < -0.4 is 10.2 Å². The molecule has 0 saturated carbocycles. The molecule has 2 unspecified atom stereocenters. The summed E-state index contributed by atoms with van der Waals surface area (Å²) in [5.41, 5.74) is 0. The van der Waals surface area contributed by atoms with Crippen molar-refractivity contribution in [2.24, 2.45) is 11.8 Å². The second-order valence-electron chi connectivity index (χ2n) is 3.20. The summed E-state index contributed by atoms with van der Waals surface area (Å²) in [6.45, 7) is 0. The third-order valence-corrected chi connectivity index (χ3v) is 1.58. The fourth-order valence-corrected chi connectivity index (χ4v) is 0.710. The zero-order valence-electron chi connectivity index (χ0n) is 9.98. The monoisotopic (exact) mass is 448 g/mol. The minimum atomic E-state index is -5.43. The molecule has 0 aromatic heterocycles. The van der Waals surface area contributed by atoms with Crippen molar-refractivity contribution in [2.75, 3.05) is 0 Å². The maximum absolute atomic E-state index is 11.3. The van der Waals surface area contributed by atoms with Crippen molar-refractivity contribution in [3.8, 4) is 0 Å². The first-order chi connectivity index (χ1) is 9.53. The first-order valence-electron chi connectivity index (χ1n) is 4.47. The van der Waals surface area contributed by atoms with Crippen molar-refractivity contribution < 1.29 is 84.0 Å². The van der Waals surface area contributed by atoms with Gasteiger partial charge in [0.1, 0.15) is 0 Å². The minimum Gasteiger partial charge on any atom is -0.549 e. The van der Waals surface area contributed by atoms with Gasteiger partial charge in [0, 0.05) is 0 Å². The molecule has 0 aromatic rings. The van der Waals surface area contributed by atoms with Gasteiger partial charge in [0.2, 0.25) is 0 Å². The summed E-state index contributed by atoms with van der Waals surface area (Å²) in [6.07, 6.45) is -10.9. The number of aliphatic carboxylic acids is 2. The molecule has 0 saturated heterocycles. The van der Waals surface area contributed by atoms with Crippen LogP contribution in [-0.2, 0) is 38.7 Å². The molecule has 0 heterocycles. The first-order valence-corrected chi connectivity index (χ1v) is 4.47. The summed E-state index contributed by atoms with van der Waals surface area (Å²) in [7, 11) is 0. The number of hydrogen-bond acceptors (Lipinski definition) is 6. The zero-order chi connectivity index (χ0) is 18.5. The van der Waals surface area contributed by atoms with Gasteiger partial charge in [-0.15, -0.1) is 0 Å². The van der Waals surface area contributed by atoms with Crippen LogP contribution in [0.1, 0.15) is 0 Å². The van der Waals surface area contributed by atoms with E-state index in [1.807, 2.05) is 0 Å². The molecule has 0 radical (unpaired) electrons. The fourth-order valence-electron chi connectivity index (χ4n) is 0.710. The van der Waals surface area contributed by atoms with E-state index in [4.69, 9.17) is 0 Å². The van der Waals surface area contributed by atoms with Crippen LogP contribution >= 0.6 is 0 Å². The fraction of sp³-hybridized carbons (Fsp3) is 0.500. The summed E-state index contributed by atoms with van der Waals surface area (Å²) in [4.78, 5) is 37.8. The minimum absolute atomic E-state index is 0. The SMILES string of the molecule is O=C([O-])C(C(=O)F)C(F)(F)F.O=C([O-])C(C(=O)F)C(F)(F)F.[Ru+2]. The number of halogens is 8. The van der Waals surface area contributed by atoms with E-state index in [1.54, 1.807) is 0 Å². The molecule has 0 aliphatic heterocycles. The third kappa shape index (κ3) is 9.86. The van der Waals surface area contributed by atoms with Crippen LogP contribution in [0, 0.1) is 11.8 Å². The van der Waals surface area contributed by atoms with E-state index >= 15 is 0 Å². The first kappa shape index (κ1) is 26.3. The van der Waals surface area contributed by atoms with Gasteiger partial charge in [-0.05, 0) is 0 Å². The van der Waals surface area contributed by atoms with E-state index < -0.39 is 48.2 Å². The summed E-state index contributed by atoms with van der Waals surface area (Å²) in [5, 5.41) is 19.0. The van der Waals surface area contributed by atoms with E-state index in [2.05, 4.69) is 0 Å². The van der Waals surface area contributed by atoms with Gasteiger partial charge in [-0.2, -0.15) is 35.1 Å². The topological polar surface area (TPSA) is 114 Å². The average molecular weight is 447 g/mol. The van der Waals surface area contributed by atoms with Crippen LogP contribution in [-0.4, -0.2) is 36.4 Å². The quantitative estimate of drug-likeness (QED) is 0.232. The van der Waals surface area contributed by atoms with Crippen molar-refractivity contribution in [3.63, 3.8) is 0 Å². The zero-order valence-corrected chi connectivity index (χ0v) is 11.7. The Bertz CT molecular complexity index is 388. The van der Waals surface area contributed by atoms with E-state index in [-0.39, 0.29) is 19.5 Å². The van der Waals surface area contributed by atoms with Crippen molar-refractivity contribution in [2.45, 2.75) is 12.4 Å². The Kier molecular flexibility index (Phi) is 10.8. The molecule has 6 nitrogen and oxygen atoms in total. The summed E-state index contributed by atoms with van der Waals surface area (Å²) >= 11 is 0. The van der Waals surface area contributed by atoms with Crippen molar-refractivity contribution in [3.05, 3.63) is 0 Å². The van der Waals surface area contributed by atoms with E-state index in [9.17, 15) is 64.5 Å². The maximum atomic E-state index is 11.3. The molecule has 15 heteroatoms. The molecule has 0 aliphatic carbocycles. The average Bonchev–Trinajstić information content (AvgIpc) is 2.08. The molecule has 0 spiro atoms. The number of alkyl halides is 6. The Morgan fingerprint density at radius 1 is 0.652 bits per heavy atom. The van der Waals surface area contributed by atoms with Crippen LogP contribution in [0.15, 0.2) is 0 Å². The molecule has 0 bridgehead atoms. The van der Waals surface area contributed by atoms with Crippen molar-refractivity contribution >= 4 is 24.0 Å². The Morgan fingerprint density at radius 2 is 0.826 bits per heavy atom. The summed E-state index contributed by atoms with van der Waals surface area (Å²) in [5.74, 6) is -12.9. The predicted molar refractivity (Wildman–Crippen MR) is 41.3 cm³/mol. The summed E-state index contributed by atoms with van der Waals surface area (Å²) in [6, 6.07) is -5.95. The second-order valence-corrected chi connectivity index (χ2v) is 3.20. The normalized spacial score (nSPS) is 13.6. The smallest absolute Gasteiger partial charge is 0.549 e. The van der Waals surface area contributed by atoms with Gasteiger partial charge in [0.05, 0.1) is 11.9 Å². The van der Waals surface area contributed by atoms with Crippen molar-refractivity contribution in [1.82, 2.24) is 0 Å². The van der Waals surface area contributed by atoms with Crippen LogP contribution in [0.25, 0.3) is 0 Å². The van der Waals surface area contributed by atoms with E-state index in [0.29, 0.717) is 0 Å². The molecular weight excluding hydrogens is 445 g/mol. The Balaban J connectivity index is -0.000000333. The molecule has 0 N–H and O–H groups in total. The Labute approximate surface area is 133 Å². The van der Waals surface area contributed by atoms with Gasteiger partial charge in [0.15, 0.2) is 11.8 Å². The molecule has 0 rings (SSSR count). The van der Waals surface area contributed by atoms with Gasteiger partial charge < -0.3 is 19.8 Å². The van der Waals surface area contributed by atoms with Gasteiger partial charge in [0.25, 0.3) is 0 Å². The summed E-state index contributed by atoms with van der Waals surface area (Å²) < 4.78 is 90.7. The van der Waals surface area contributed by atoms with Crippen LogP contribution in [0.4, 0.5) is 35.1 Å². The molecule has 23 heavy (non-hydrogen) atoms. The molecular formula is C8H2F8O6Ru. The third-order valence-electron chi connectivity index (χ3n) is 1.58. The van der Waals surface area contributed by atoms with Crippen LogP contribution in [0.2, 0.25) is 0 Å². The molecule has 0 aliphatic rings. The molecule has 2 atom stereocenters. The number of hydrogen-bond donors (Lipinski definition) is 0. The number of carboxylic acids is 2. The predicted octanol–water partition coefficient (Wildman–Crippen LogP) is -1.18. The largest absolute Gasteiger partial charge is 2.00 e. The van der Waals surface area contributed by atoms with Gasteiger partial charge in [-0.25, -0.2) is 0 Å². The van der Waals surface area contributed by atoms with E-state index in [0.717, 1.165) is 0 Å². The molecule has 0 aromatic carbocycles. The maximum Gasteiger partial charge on any atom is 2.00 e. The molecule has 134 valence electrons. The van der Waals surface area contributed by atoms with Gasteiger partial charge in [-0.3, -0.25) is 9.59 Å². The second kappa shape index (κ2) is 9.48. The van der Waals surface area contributed by atoms with Gasteiger partial charge >= 0.3 is 43.9 Å². The molecule has 0 amide bonds. The standard InChI is InChI=1S/2C4H2F4O3.Ru/c2*5-2(9)1(3(10)11)4(6,7)8;/h2*1H,(H,10,11);/q;;+2/p-2. The number of carbonyl (C=O) groups excluding carboxylic acids is 4. The number of carbonyl (C=O) groups is 4. The molecule has 0 fully saturated rings. The van der Waals surface area contributed by atoms with Crippen LogP contribution in [0.5, 0.6) is 0 Å². The van der Waals surface area contributed by atoms with Crippen molar-refractivity contribution in [1.29, 1.82) is 0 Å². The Morgan fingerprint density at radius 3 is 0.826 bits per heavy atom. The van der Waals surface area contributed by atoms with E-state index in [1.165, 1.54) is 0 Å². The number of carboxylic acid groups (broad SMARTS) is 2. The number of rotatable bonds is 4.